The number of benzene rings is 2. The summed E-state index contributed by atoms with van der Waals surface area (Å²) in [5, 5.41) is 6.25. The Bertz CT molecular complexity index is 939. The minimum Gasteiger partial charge on any atom is -0.497 e. The summed E-state index contributed by atoms with van der Waals surface area (Å²) in [5.74, 6) is 0.427. The maximum Gasteiger partial charge on any atom is 0.257 e. The van der Waals surface area contributed by atoms with E-state index in [-0.39, 0.29) is 17.8 Å². The maximum absolute atomic E-state index is 13.8. The lowest BCUT2D eigenvalue weighted by Gasteiger charge is -2.34. The number of likely N-dealkylation sites (N-methyl/N-ethyl adjacent to an activating group) is 1. The number of hydrogen-bond acceptors (Lipinski definition) is 5. The highest BCUT2D eigenvalue weighted by atomic mass is 19.1. The van der Waals surface area contributed by atoms with Crippen LogP contribution in [0, 0.1) is 5.82 Å². The van der Waals surface area contributed by atoms with Crippen LogP contribution in [0.5, 0.6) is 5.75 Å². The average molecular weight is 425 g/mol. The number of carbonyl (C=O) groups is 1. The molecule has 164 valence electrons. The van der Waals surface area contributed by atoms with Crippen molar-refractivity contribution in [1.82, 2.24) is 14.8 Å². The monoisotopic (exact) mass is 424 g/mol. The Kier molecular flexibility index (Phi) is 6.63. The molecule has 2 aliphatic rings. The first-order valence-corrected chi connectivity index (χ1v) is 10.8. The van der Waals surface area contributed by atoms with Gasteiger partial charge in [0, 0.05) is 38.2 Å². The van der Waals surface area contributed by atoms with E-state index in [0.717, 1.165) is 49.7 Å². The molecule has 0 N–H and O–H groups in total. The normalized spacial score (nSPS) is 20.0. The zero-order valence-electron chi connectivity index (χ0n) is 18.1. The van der Waals surface area contributed by atoms with E-state index in [4.69, 9.17) is 4.74 Å². The van der Waals surface area contributed by atoms with Crippen molar-refractivity contribution in [3.63, 3.8) is 0 Å². The molecular formula is C24H29FN4O2. The minimum atomic E-state index is -0.306. The summed E-state index contributed by atoms with van der Waals surface area (Å²) < 4.78 is 19.1. The van der Waals surface area contributed by atoms with Crippen molar-refractivity contribution in [2.24, 2.45) is 5.10 Å². The van der Waals surface area contributed by atoms with E-state index in [1.54, 1.807) is 18.2 Å². The van der Waals surface area contributed by atoms with Gasteiger partial charge in [-0.05, 0) is 36.4 Å². The van der Waals surface area contributed by atoms with Crippen LogP contribution in [0.4, 0.5) is 4.39 Å². The maximum atomic E-state index is 13.8. The van der Waals surface area contributed by atoms with Crippen molar-refractivity contribution in [3.05, 3.63) is 65.5 Å². The van der Waals surface area contributed by atoms with Gasteiger partial charge in [-0.15, -0.1) is 0 Å². The Morgan fingerprint density at radius 3 is 2.45 bits per heavy atom. The minimum absolute atomic E-state index is 0.0304. The van der Waals surface area contributed by atoms with Crippen molar-refractivity contribution >= 4 is 11.6 Å². The molecule has 0 saturated carbocycles. The number of hydrazone groups is 1. The lowest BCUT2D eigenvalue weighted by Crippen LogP contribution is -2.49. The number of halogens is 1. The first kappa shape index (κ1) is 21.5. The highest BCUT2D eigenvalue weighted by molar-refractivity contribution is 6.03. The molecule has 4 rings (SSSR count). The Balaban J connectivity index is 1.55. The van der Waals surface area contributed by atoms with Gasteiger partial charge in [0.2, 0.25) is 0 Å². The lowest BCUT2D eigenvalue weighted by molar-refractivity contribution is -0.134. The van der Waals surface area contributed by atoms with E-state index in [1.165, 1.54) is 12.1 Å². The van der Waals surface area contributed by atoms with E-state index < -0.39 is 0 Å². The van der Waals surface area contributed by atoms with Crippen molar-refractivity contribution in [2.75, 3.05) is 46.4 Å². The summed E-state index contributed by atoms with van der Waals surface area (Å²) in [7, 11) is 1.63. The average Bonchev–Trinajstić information content (AvgIpc) is 3.25. The molecule has 2 heterocycles. The number of nitrogens with zero attached hydrogens (tertiary/aromatic N) is 4. The zero-order chi connectivity index (χ0) is 21.8. The van der Waals surface area contributed by atoms with E-state index >= 15 is 0 Å². The highest BCUT2D eigenvalue weighted by Gasteiger charge is 2.34. The van der Waals surface area contributed by atoms with E-state index in [1.807, 2.05) is 30.3 Å². The van der Waals surface area contributed by atoms with Gasteiger partial charge in [0.05, 0.1) is 25.4 Å². The Labute approximate surface area is 182 Å². The number of carbonyl (C=O) groups excluding carboxylic acids is 1. The highest BCUT2D eigenvalue weighted by Crippen LogP contribution is 2.34. The molecule has 2 aliphatic heterocycles. The van der Waals surface area contributed by atoms with Gasteiger partial charge in [-0.3, -0.25) is 9.69 Å². The second-order valence-corrected chi connectivity index (χ2v) is 8.00. The fourth-order valence-corrected chi connectivity index (χ4v) is 4.20. The van der Waals surface area contributed by atoms with Crippen molar-refractivity contribution < 1.29 is 13.9 Å². The van der Waals surface area contributed by atoms with Crippen LogP contribution in [-0.2, 0) is 4.79 Å². The van der Waals surface area contributed by atoms with Crippen molar-refractivity contribution in [2.45, 2.75) is 19.4 Å². The Hall–Kier alpha value is -2.77. The van der Waals surface area contributed by atoms with Crippen LogP contribution in [0.1, 0.15) is 30.5 Å². The van der Waals surface area contributed by atoms with E-state index in [0.29, 0.717) is 18.5 Å². The molecule has 0 radical (unpaired) electrons. The van der Waals surface area contributed by atoms with Crippen LogP contribution in [0.3, 0.4) is 0 Å². The third-order valence-electron chi connectivity index (χ3n) is 6.10. The van der Waals surface area contributed by atoms with Gasteiger partial charge in [-0.25, -0.2) is 9.40 Å². The molecule has 7 heteroatoms. The second kappa shape index (κ2) is 9.58. The van der Waals surface area contributed by atoms with Crippen LogP contribution in [0.15, 0.2) is 53.6 Å². The van der Waals surface area contributed by atoms with Gasteiger partial charge in [-0.1, -0.05) is 31.2 Å². The molecule has 2 aromatic rings. The van der Waals surface area contributed by atoms with Gasteiger partial charge >= 0.3 is 0 Å². The fourth-order valence-electron chi connectivity index (χ4n) is 4.20. The van der Waals surface area contributed by atoms with E-state index in [2.05, 4.69) is 21.8 Å². The second-order valence-electron chi connectivity index (χ2n) is 8.00. The largest absolute Gasteiger partial charge is 0.497 e. The lowest BCUT2D eigenvalue weighted by atomic mass is 9.98. The van der Waals surface area contributed by atoms with Crippen molar-refractivity contribution in [3.8, 4) is 5.75 Å². The molecule has 0 aliphatic carbocycles. The van der Waals surface area contributed by atoms with Gasteiger partial charge in [0.15, 0.2) is 0 Å². The predicted molar refractivity (Wildman–Crippen MR) is 119 cm³/mol. The Morgan fingerprint density at radius 1 is 1.10 bits per heavy atom. The number of ether oxygens (including phenoxy) is 1. The molecule has 2 aromatic carbocycles. The third kappa shape index (κ3) is 4.94. The Morgan fingerprint density at radius 2 is 1.81 bits per heavy atom. The molecule has 1 fully saturated rings. The van der Waals surface area contributed by atoms with E-state index in [9.17, 15) is 9.18 Å². The first-order chi connectivity index (χ1) is 15.1. The van der Waals surface area contributed by atoms with Gasteiger partial charge < -0.3 is 9.64 Å². The summed E-state index contributed by atoms with van der Waals surface area (Å²) in [6, 6.07) is 13.9. The summed E-state index contributed by atoms with van der Waals surface area (Å²) >= 11 is 0. The molecule has 31 heavy (non-hydrogen) atoms. The summed E-state index contributed by atoms with van der Waals surface area (Å²) in [5.41, 5.74) is 2.43. The smallest absolute Gasteiger partial charge is 0.257 e. The number of hydrogen-bond donors (Lipinski definition) is 0. The third-order valence-corrected chi connectivity index (χ3v) is 6.10. The number of rotatable bonds is 6. The van der Waals surface area contributed by atoms with Crippen LogP contribution in [0.2, 0.25) is 0 Å². The van der Waals surface area contributed by atoms with Gasteiger partial charge in [-0.2, -0.15) is 5.10 Å². The van der Waals surface area contributed by atoms with Gasteiger partial charge in [0.25, 0.3) is 5.91 Å². The summed E-state index contributed by atoms with van der Waals surface area (Å²) in [4.78, 5) is 17.9. The quantitative estimate of drug-likeness (QED) is 0.715. The van der Waals surface area contributed by atoms with Crippen LogP contribution < -0.4 is 4.74 Å². The molecule has 1 saturated heterocycles. The summed E-state index contributed by atoms with van der Waals surface area (Å²) in [6.07, 6.45) is 0.547. The van der Waals surface area contributed by atoms with Crippen LogP contribution >= 0.6 is 0 Å². The molecule has 1 unspecified atom stereocenters. The van der Waals surface area contributed by atoms with Crippen LogP contribution in [-0.4, -0.2) is 72.8 Å². The topological polar surface area (TPSA) is 48.4 Å². The molecule has 6 nitrogen and oxygen atoms in total. The number of piperazine rings is 1. The zero-order valence-corrected chi connectivity index (χ0v) is 18.1. The number of amides is 1. The SMILES string of the molecule is CCN1CCN(CC(=O)N2N=C(c3cccc(F)c3)CC2c2ccc(OC)cc2)CC1. The molecular weight excluding hydrogens is 395 g/mol. The molecule has 1 amide bonds. The fraction of sp³-hybridized carbons (Fsp3) is 0.417. The molecule has 0 bridgehead atoms. The summed E-state index contributed by atoms with van der Waals surface area (Å²) in [6.45, 7) is 7.24. The first-order valence-electron chi connectivity index (χ1n) is 10.8. The molecule has 0 aromatic heterocycles. The van der Waals surface area contributed by atoms with Gasteiger partial charge in [0.1, 0.15) is 11.6 Å². The predicted octanol–water partition coefficient (Wildman–Crippen LogP) is 3.15. The van der Waals surface area contributed by atoms with Crippen LogP contribution in [0.25, 0.3) is 0 Å². The van der Waals surface area contributed by atoms with Crippen molar-refractivity contribution in [1.29, 1.82) is 0 Å². The standard InChI is InChI=1S/C24H29FN4O2/c1-3-27-11-13-28(14-12-27)17-24(30)29-23(18-7-9-21(31-2)10-8-18)16-22(26-29)19-5-4-6-20(25)15-19/h4-10,15,23H,3,11-14,16-17H2,1-2H3. The molecule has 1 atom stereocenters. The molecule has 0 spiro atoms. The number of methoxy groups -OCH3 is 1.